The molecule has 0 bridgehead atoms. The Morgan fingerprint density at radius 2 is 1.84 bits per heavy atom. The van der Waals surface area contributed by atoms with Gasteiger partial charge >= 0.3 is 0 Å². The second kappa shape index (κ2) is 12.1. The minimum Gasteiger partial charge on any atom is -0.490 e. The molecule has 2 saturated carbocycles. The maximum absolute atomic E-state index is 15.6. The van der Waals surface area contributed by atoms with Gasteiger partial charge in [0.25, 0.3) is 5.91 Å². The van der Waals surface area contributed by atoms with Crippen molar-refractivity contribution in [2.45, 2.75) is 120 Å². The van der Waals surface area contributed by atoms with Gasteiger partial charge in [0.1, 0.15) is 11.9 Å². The number of carbonyl (C=O) groups excluding carboxylic acids is 2. The van der Waals surface area contributed by atoms with E-state index in [-0.39, 0.29) is 30.7 Å². The maximum Gasteiger partial charge on any atom is 0.259 e. The minimum absolute atomic E-state index is 0.0653. The lowest BCUT2D eigenvalue weighted by Crippen LogP contribution is -2.49. The highest BCUT2D eigenvalue weighted by atomic mass is 32.2. The van der Waals surface area contributed by atoms with Gasteiger partial charge in [-0.2, -0.15) is 0 Å². The van der Waals surface area contributed by atoms with Crippen LogP contribution in [0.25, 0.3) is 11.1 Å². The molecule has 10 heteroatoms. The first-order valence-corrected chi connectivity index (χ1v) is 17.4. The fourth-order valence-electron chi connectivity index (χ4n) is 6.61. The van der Waals surface area contributed by atoms with Gasteiger partial charge in [-0.3, -0.25) is 14.3 Å². The highest BCUT2D eigenvalue weighted by Crippen LogP contribution is 2.44. The predicted molar refractivity (Wildman–Crippen MR) is 170 cm³/mol. The molecule has 3 N–H and O–H groups in total. The Balaban J connectivity index is 1.35. The monoisotopic (exact) mass is 627 g/mol. The van der Waals surface area contributed by atoms with Crippen molar-refractivity contribution in [2.24, 2.45) is 0 Å². The van der Waals surface area contributed by atoms with Crippen molar-refractivity contribution in [3.05, 3.63) is 53.6 Å². The highest BCUT2D eigenvalue weighted by Gasteiger charge is 2.55. The number of ether oxygens (including phenoxy) is 1. The molecule has 1 aliphatic heterocycles. The van der Waals surface area contributed by atoms with Gasteiger partial charge in [0, 0.05) is 36.5 Å². The second-order valence-corrected chi connectivity index (χ2v) is 16.0. The van der Waals surface area contributed by atoms with Crippen molar-refractivity contribution >= 4 is 21.8 Å². The summed E-state index contributed by atoms with van der Waals surface area (Å²) in [6.45, 7) is 8.61. The molecule has 2 aromatic rings. The number of alkyl halides is 1. The fraction of sp³-hybridized carbons (Fsp3) is 0.588. The van der Waals surface area contributed by atoms with Crippen LogP contribution in [0.3, 0.4) is 0 Å². The molecule has 5 rings (SSSR count). The number of hydrogen-bond donors (Lipinski definition) is 3. The van der Waals surface area contributed by atoms with Crippen molar-refractivity contribution in [3.63, 3.8) is 0 Å². The number of benzene rings is 2. The highest BCUT2D eigenvalue weighted by molar-refractivity contribution is 7.90. The Morgan fingerprint density at radius 1 is 1.11 bits per heavy atom. The van der Waals surface area contributed by atoms with Crippen LogP contribution in [-0.4, -0.2) is 55.4 Å². The number of aryl methyl sites for hydroxylation is 1. The molecule has 2 aliphatic carbocycles. The van der Waals surface area contributed by atoms with E-state index >= 15 is 4.39 Å². The van der Waals surface area contributed by atoms with E-state index in [1.165, 1.54) is 13.8 Å². The summed E-state index contributed by atoms with van der Waals surface area (Å²) in [5.41, 5.74) is 0.320. The number of sulfonamides is 1. The average Bonchev–Trinajstić information content (AvgIpc) is 3.57. The van der Waals surface area contributed by atoms with E-state index in [0.29, 0.717) is 30.6 Å². The summed E-state index contributed by atoms with van der Waals surface area (Å²) in [5, 5.41) is 5.49. The van der Waals surface area contributed by atoms with Gasteiger partial charge in [-0.1, -0.05) is 37.3 Å². The summed E-state index contributed by atoms with van der Waals surface area (Å²) >= 11 is 0. The van der Waals surface area contributed by atoms with Gasteiger partial charge in [0.2, 0.25) is 21.6 Å². The molecule has 3 aliphatic rings. The lowest BCUT2D eigenvalue weighted by atomic mass is 9.74. The molecule has 2 amide bonds. The normalized spacial score (nSPS) is 24.7. The average molecular weight is 628 g/mol. The van der Waals surface area contributed by atoms with Crippen molar-refractivity contribution in [2.75, 3.05) is 6.54 Å². The number of nitrogens with one attached hydrogen (secondary N) is 3. The van der Waals surface area contributed by atoms with Crippen LogP contribution in [0.2, 0.25) is 0 Å². The molecule has 0 unspecified atom stereocenters. The van der Waals surface area contributed by atoms with E-state index in [4.69, 9.17) is 4.74 Å². The Hall–Kier alpha value is -2.98. The quantitative estimate of drug-likeness (QED) is 0.338. The maximum atomic E-state index is 15.6. The summed E-state index contributed by atoms with van der Waals surface area (Å²) in [6.07, 6.45) is 5.74. The summed E-state index contributed by atoms with van der Waals surface area (Å²) in [5.74, 6) is -0.483. The minimum atomic E-state index is -3.79. The molecule has 2 aromatic carbocycles. The molecule has 3 atom stereocenters. The van der Waals surface area contributed by atoms with Crippen molar-refractivity contribution in [1.82, 2.24) is 15.4 Å². The predicted octanol–water partition coefficient (Wildman–Crippen LogP) is 5.09. The number of amides is 2. The van der Waals surface area contributed by atoms with Gasteiger partial charge < -0.3 is 15.4 Å². The first-order chi connectivity index (χ1) is 20.7. The summed E-state index contributed by atoms with van der Waals surface area (Å²) < 4.78 is 49.3. The van der Waals surface area contributed by atoms with E-state index in [9.17, 15) is 18.0 Å². The number of halogens is 1. The Morgan fingerprint density at radius 3 is 2.48 bits per heavy atom. The van der Waals surface area contributed by atoms with E-state index in [2.05, 4.69) is 28.3 Å². The SMILES string of the molecule is CCc1ccccc1-c1cc(C(C)(C)C(=O)NS(=O)(=O)C(C)C)ccc1O[C@@H]1CC[C@@H](NC(=O)[C@@]2(F)CNC3(CCC3)C2)C1. The van der Waals surface area contributed by atoms with Crippen LogP contribution in [-0.2, 0) is 31.4 Å². The largest absolute Gasteiger partial charge is 0.490 e. The van der Waals surface area contributed by atoms with Crippen LogP contribution in [0.1, 0.15) is 90.7 Å². The molecule has 0 radical (unpaired) electrons. The van der Waals surface area contributed by atoms with E-state index < -0.39 is 38.2 Å². The molecule has 3 fully saturated rings. The molecular weight excluding hydrogens is 581 g/mol. The van der Waals surface area contributed by atoms with E-state index in [1.54, 1.807) is 19.9 Å². The number of hydrogen-bond acceptors (Lipinski definition) is 6. The fourth-order valence-corrected chi connectivity index (χ4v) is 7.36. The van der Waals surface area contributed by atoms with E-state index in [0.717, 1.165) is 42.4 Å². The summed E-state index contributed by atoms with van der Waals surface area (Å²) in [7, 11) is -3.79. The van der Waals surface area contributed by atoms with Crippen molar-refractivity contribution < 1.29 is 27.1 Å². The first-order valence-electron chi connectivity index (χ1n) is 15.9. The molecular formula is C34H46FN3O5S. The summed E-state index contributed by atoms with van der Waals surface area (Å²) in [6, 6.07) is 13.4. The van der Waals surface area contributed by atoms with Gasteiger partial charge in [-0.25, -0.2) is 12.8 Å². The van der Waals surface area contributed by atoms with Crippen LogP contribution in [0.4, 0.5) is 4.39 Å². The van der Waals surface area contributed by atoms with Crippen molar-refractivity contribution in [1.29, 1.82) is 0 Å². The van der Waals surface area contributed by atoms with E-state index in [1.807, 2.05) is 30.3 Å². The van der Waals surface area contributed by atoms with Gasteiger partial charge in [-0.05, 0) is 95.0 Å². The Kier molecular flexibility index (Phi) is 8.90. The Bertz CT molecular complexity index is 1520. The lowest BCUT2D eigenvalue weighted by Gasteiger charge is -2.38. The van der Waals surface area contributed by atoms with Crippen LogP contribution in [0, 0.1) is 0 Å². The molecule has 1 heterocycles. The third-order valence-corrected chi connectivity index (χ3v) is 11.6. The molecule has 0 aromatic heterocycles. The Labute approximate surface area is 261 Å². The zero-order valence-electron chi connectivity index (χ0n) is 26.5. The van der Waals surface area contributed by atoms with Crippen molar-refractivity contribution in [3.8, 4) is 16.9 Å². The molecule has 1 saturated heterocycles. The first kappa shape index (κ1) is 32.4. The molecule has 44 heavy (non-hydrogen) atoms. The third kappa shape index (κ3) is 6.38. The topological polar surface area (TPSA) is 114 Å². The molecule has 1 spiro atoms. The lowest BCUT2D eigenvalue weighted by molar-refractivity contribution is -0.133. The van der Waals surface area contributed by atoms with Crippen LogP contribution in [0.5, 0.6) is 5.75 Å². The van der Waals surface area contributed by atoms with Crippen LogP contribution >= 0.6 is 0 Å². The summed E-state index contributed by atoms with van der Waals surface area (Å²) in [4.78, 5) is 26.2. The molecule has 8 nitrogen and oxygen atoms in total. The zero-order chi connectivity index (χ0) is 31.9. The van der Waals surface area contributed by atoms with Crippen LogP contribution < -0.4 is 20.1 Å². The third-order valence-electron chi connectivity index (χ3n) is 9.91. The van der Waals surface area contributed by atoms with Gasteiger partial charge in [-0.15, -0.1) is 0 Å². The van der Waals surface area contributed by atoms with Gasteiger partial charge in [0.05, 0.1) is 10.7 Å². The van der Waals surface area contributed by atoms with Gasteiger partial charge in [0.15, 0.2) is 0 Å². The standard InChI is InChI=1S/C34H46FN3O5S/c1-6-23-10-7-8-11-27(23)28-18-24(32(4,5)30(39)38-44(41,42)22(2)3)12-15-29(28)43-26-14-13-25(19-26)37-31(40)34(35)20-33(36-21-34)16-9-17-33/h7-8,10-12,15,18,22,25-26,36H,6,9,13-14,16-17,19-21H2,1-5H3,(H,37,40)(H,38,39)/t25-,26-,34+/m1/s1. The zero-order valence-corrected chi connectivity index (χ0v) is 27.3. The number of carbonyl (C=O) groups is 2. The number of rotatable bonds is 10. The second-order valence-electron chi connectivity index (χ2n) is 13.7. The smallest absolute Gasteiger partial charge is 0.259 e. The van der Waals surface area contributed by atoms with Crippen LogP contribution in [0.15, 0.2) is 42.5 Å². The molecule has 240 valence electrons.